The van der Waals surface area contributed by atoms with Gasteiger partial charge in [0.15, 0.2) is 17.5 Å². The Bertz CT molecular complexity index is 599. The zero-order valence-electron chi connectivity index (χ0n) is 16.4. The van der Waals surface area contributed by atoms with Gasteiger partial charge in [0.05, 0.1) is 6.54 Å². The lowest BCUT2D eigenvalue weighted by Crippen LogP contribution is -2.44. The lowest BCUT2D eigenvalue weighted by Gasteiger charge is -2.21. The van der Waals surface area contributed by atoms with E-state index < -0.39 is 0 Å². The number of carbonyl (C=O) groups excluding carboxylic acids is 1. The van der Waals surface area contributed by atoms with Gasteiger partial charge in [0.1, 0.15) is 12.6 Å². The van der Waals surface area contributed by atoms with Crippen LogP contribution < -0.4 is 20.7 Å². The van der Waals surface area contributed by atoms with E-state index in [2.05, 4.69) is 20.9 Å². The minimum atomic E-state index is -0.384. The van der Waals surface area contributed by atoms with Crippen molar-refractivity contribution in [3.05, 3.63) is 30.1 Å². The molecule has 0 aromatic heterocycles. The van der Waals surface area contributed by atoms with Gasteiger partial charge in [-0.3, -0.25) is 4.79 Å². The van der Waals surface area contributed by atoms with Crippen molar-refractivity contribution in [1.29, 1.82) is 0 Å². The van der Waals surface area contributed by atoms with Crippen LogP contribution in [0, 0.1) is 5.82 Å². The molecule has 3 N–H and O–H groups in total. The molecule has 0 spiro atoms. The number of guanidine groups is 1. The number of rotatable bonds is 8. The SMILES string of the molecule is CCNC(=NCC(=O)NC(C)(C)C)NCC(CC)Oc1ccccc1F. The molecule has 0 aliphatic rings. The van der Waals surface area contributed by atoms with Crippen molar-refractivity contribution >= 4 is 11.9 Å². The molecule has 1 rings (SSSR count). The highest BCUT2D eigenvalue weighted by molar-refractivity contribution is 5.85. The van der Waals surface area contributed by atoms with Crippen molar-refractivity contribution < 1.29 is 13.9 Å². The van der Waals surface area contributed by atoms with Crippen LogP contribution in [0.25, 0.3) is 0 Å². The Morgan fingerprint density at radius 2 is 1.92 bits per heavy atom. The molecule has 0 saturated heterocycles. The molecule has 146 valence electrons. The zero-order chi connectivity index (χ0) is 19.6. The number of para-hydroxylation sites is 1. The maximum atomic E-state index is 13.7. The maximum absolute atomic E-state index is 13.7. The van der Waals surface area contributed by atoms with Gasteiger partial charge in [-0.25, -0.2) is 9.38 Å². The third-order valence-electron chi connectivity index (χ3n) is 3.32. The van der Waals surface area contributed by atoms with E-state index in [0.29, 0.717) is 25.5 Å². The molecule has 0 bridgehead atoms. The molecule has 1 unspecified atom stereocenters. The zero-order valence-corrected chi connectivity index (χ0v) is 16.4. The number of hydrogen-bond donors (Lipinski definition) is 3. The standard InChI is InChI=1S/C19H31FN4O2/c1-6-14(26-16-11-9-8-10-15(16)20)12-22-18(21-7-2)23-13-17(25)24-19(3,4)5/h8-11,14H,6-7,12-13H2,1-5H3,(H,24,25)(H2,21,22,23). The predicted octanol–water partition coefficient (Wildman–Crippen LogP) is 2.45. The minimum Gasteiger partial charge on any atom is -0.486 e. The first kappa shape index (κ1) is 21.7. The smallest absolute Gasteiger partial charge is 0.242 e. The minimum absolute atomic E-state index is 0.0254. The quantitative estimate of drug-likeness (QED) is 0.488. The van der Waals surface area contributed by atoms with Crippen LogP contribution in [0.1, 0.15) is 41.0 Å². The van der Waals surface area contributed by atoms with E-state index in [1.165, 1.54) is 6.07 Å². The molecule has 7 heteroatoms. The fourth-order valence-electron chi connectivity index (χ4n) is 2.15. The first-order valence-corrected chi connectivity index (χ1v) is 8.99. The van der Waals surface area contributed by atoms with E-state index in [-0.39, 0.29) is 35.7 Å². The highest BCUT2D eigenvalue weighted by Crippen LogP contribution is 2.17. The van der Waals surface area contributed by atoms with Crippen molar-refractivity contribution in [2.75, 3.05) is 19.6 Å². The average molecular weight is 366 g/mol. The summed E-state index contributed by atoms with van der Waals surface area (Å²) in [5, 5.41) is 9.09. The number of benzene rings is 1. The Balaban J connectivity index is 2.61. The molecular formula is C19H31FN4O2. The lowest BCUT2D eigenvalue weighted by molar-refractivity contribution is -0.121. The third kappa shape index (κ3) is 8.69. The number of carbonyl (C=O) groups is 1. The number of nitrogens with zero attached hydrogens (tertiary/aromatic N) is 1. The Hall–Kier alpha value is -2.31. The number of hydrogen-bond acceptors (Lipinski definition) is 3. The summed E-state index contributed by atoms with van der Waals surface area (Å²) in [4.78, 5) is 16.2. The van der Waals surface area contributed by atoms with Gasteiger partial charge in [-0.05, 0) is 46.2 Å². The first-order valence-electron chi connectivity index (χ1n) is 8.99. The van der Waals surface area contributed by atoms with Crippen molar-refractivity contribution in [3.8, 4) is 5.75 Å². The highest BCUT2D eigenvalue weighted by Gasteiger charge is 2.14. The van der Waals surface area contributed by atoms with Crippen LogP contribution in [0.15, 0.2) is 29.3 Å². The van der Waals surface area contributed by atoms with Crippen molar-refractivity contribution in [2.45, 2.75) is 52.7 Å². The van der Waals surface area contributed by atoms with E-state index in [0.717, 1.165) is 0 Å². The summed E-state index contributed by atoms with van der Waals surface area (Å²) in [5.74, 6) is 0.217. The Kier molecular flexibility index (Phi) is 8.88. The van der Waals surface area contributed by atoms with Crippen LogP contribution in [-0.2, 0) is 4.79 Å². The van der Waals surface area contributed by atoms with Gasteiger partial charge in [-0.1, -0.05) is 19.1 Å². The van der Waals surface area contributed by atoms with Gasteiger partial charge in [-0.15, -0.1) is 0 Å². The van der Waals surface area contributed by atoms with Gasteiger partial charge >= 0.3 is 0 Å². The topological polar surface area (TPSA) is 74.8 Å². The van der Waals surface area contributed by atoms with Crippen LogP contribution in [0.3, 0.4) is 0 Å². The second kappa shape index (κ2) is 10.6. The van der Waals surface area contributed by atoms with Gasteiger partial charge < -0.3 is 20.7 Å². The second-order valence-electron chi connectivity index (χ2n) is 6.95. The Morgan fingerprint density at radius 1 is 1.23 bits per heavy atom. The van der Waals surface area contributed by atoms with E-state index in [4.69, 9.17) is 4.74 Å². The van der Waals surface area contributed by atoms with Gasteiger partial charge in [-0.2, -0.15) is 0 Å². The predicted molar refractivity (Wildman–Crippen MR) is 103 cm³/mol. The molecule has 1 amide bonds. The summed E-state index contributed by atoms with van der Waals surface area (Å²) in [6.07, 6.45) is 0.477. The molecule has 0 heterocycles. The number of halogens is 1. The lowest BCUT2D eigenvalue weighted by atomic mass is 10.1. The van der Waals surface area contributed by atoms with E-state index in [1.54, 1.807) is 18.2 Å². The fourth-order valence-corrected chi connectivity index (χ4v) is 2.15. The molecule has 26 heavy (non-hydrogen) atoms. The number of nitrogens with one attached hydrogen (secondary N) is 3. The molecule has 1 aromatic rings. The monoisotopic (exact) mass is 366 g/mol. The normalized spacial score (nSPS) is 13.1. The number of aliphatic imine (C=N–C) groups is 1. The average Bonchev–Trinajstić information content (AvgIpc) is 2.56. The molecule has 0 aliphatic carbocycles. The number of amides is 1. The first-order chi connectivity index (χ1) is 12.2. The molecule has 0 saturated carbocycles. The Morgan fingerprint density at radius 3 is 2.50 bits per heavy atom. The summed E-state index contributed by atoms with van der Waals surface area (Å²) in [5.41, 5.74) is -0.292. The Labute approximate surface area is 155 Å². The largest absolute Gasteiger partial charge is 0.486 e. The van der Waals surface area contributed by atoms with Gasteiger partial charge in [0.25, 0.3) is 0 Å². The van der Waals surface area contributed by atoms with Crippen molar-refractivity contribution in [3.63, 3.8) is 0 Å². The van der Waals surface area contributed by atoms with Crippen LogP contribution in [0.5, 0.6) is 5.75 Å². The van der Waals surface area contributed by atoms with E-state index in [9.17, 15) is 9.18 Å². The summed E-state index contributed by atoms with van der Waals surface area (Å²) in [6, 6.07) is 6.33. The van der Waals surface area contributed by atoms with Crippen molar-refractivity contribution in [2.24, 2.45) is 4.99 Å². The van der Waals surface area contributed by atoms with Gasteiger partial charge in [0.2, 0.25) is 5.91 Å². The summed E-state index contributed by atoms with van der Waals surface area (Å²) in [6.45, 7) is 10.8. The fraction of sp³-hybridized carbons (Fsp3) is 0.579. The molecule has 0 fully saturated rings. The molecule has 0 aliphatic heterocycles. The van der Waals surface area contributed by atoms with Crippen LogP contribution in [0.4, 0.5) is 4.39 Å². The summed E-state index contributed by atoms with van der Waals surface area (Å²) in [7, 11) is 0. The molecule has 1 aromatic carbocycles. The summed E-state index contributed by atoms with van der Waals surface area (Å²) >= 11 is 0. The van der Waals surface area contributed by atoms with E-state index in [1.807, 2.05) is 34.6 Å². The van der Waals surface area contributed by atoms with Crippen LogP contribution in [0.2, 0.25) is 0 Å². The maximum Gasteiger partial charge on any atom is 0.242 e. The molecule has 1 atom stereocenters. The van der Waals surface area contributed by atoms with E-state index >= 15 is 0 Å². The van der Waals surface area contributed by atoms with Crippen LogP contribution >= 0.6 is 0 Å². The molecular weight excluding hydrogens is 335 g/mol. The van der Waals surface area contributed by atoms with Gasteiger partial charge in [0, 0.05) is 12.1 Å². The highest BCUT2D eigenvalue weighted by atomic mass is 19.1. The second-order valence-corrected chi connectivity index (χ2v) is 6.95. The molecule has 6 nitrogen and oxygen atoms in total. The van der Waals surface area contributed by atoms with Crippen molar-refractivity contribution in [1.82, 2.24) is 16.0 Å². The summed E-state index contributed by atoms with van der Waals surface area (Å²) < 4.78 is 19.4. The molecule has 0 radical (unpaired) electrons. The number of ether oxygens (including phenoxy) is 1. The third-order valence-corrected chi connectivity index (χ3v) is 3.32. The van der Waals surface area contributed by atoms with Crippen LogP contribution in [-0.4, -0.2) is 43.1 Å².